The molecule has 0 bridgehead atoms. The largest absolute Gasteiger partial charge is 0.507 e. The highest BCUT2D eigenvalue weighted by atomic mass is 35.5. The molecule has 1 fully saturated rings. The number of rotatable bonds is 8. The van der Waals surface area contributed by atoms with Crippen molar-refractivity contribution in [2.75, 3.05) is 6.61 Å². The van der Waals surface area contributed by atoms with Crippen LogP contribution in [0.3, 0.4) is 0 Å². The van der Waals surface area contributed by atoms with Crippen molar-refractivity contribution in [1.82, 2.24) is 0 Å². The lowest BCUT2D eigenvalue weighted by atomic mass is 9.98. The van der Waals surface area contributed by atoms with E-state index in [9.17, 15) is 29.1 Å². The van der Waals surface area contributed by atoms with Gasteiger partial charge in [0.15, 0.2) is 12.2 Å². The summed E-state index contributed by atoms with van der Waals surface area (Å²) in [5.74, 6) is -3.70. The van der Waals surface area contributed by atoms with Crippen LogP contribution in [0, 0.1) is 0 Å². The van der Waals surface area contributed by atoms with Crippen molar-refractivity contribution in [2.24, 2.45) is 0 Å². The van der Waals surface area contributed by atoms with E-state index < -0.39 is 72.4 Å². The monoisotopic (exact) mass is 618 g/mol. The Labute approximate surface area is 249 Å². The van der Waals surface area contributed by atoms with E-state index in [1.54, 1.807) is 24.3 Å². The average molecular weight is 619 g/mol. The van der Waals surface area contributed by atoms with E-state index >= 15 is 0 Å². The van der Waals surface area contributed by atoms with Crippen molar-refractivity contribution >= 4 is 46.4 Å². The topological polar surface area (TPSA) is 174 Å². The van der Waals surface area contributed by atoms with Crippen molar-refractivity contribution in [3.05, 3.63) is 57.9 Å². The molecule has 1 aliphatic rings. The van der Waals surface area contributed by atoms with Gasteiger partial charge in [0.1, 0.15) is 41.4 Å². The molecule has 0 radical (unpaired) electrons. The normalized spacial score (nSPS) is 21.5. The predicted molar refractivity (Wildman–Crippen MR) is 147 cm³/mol. The summed E-state index contributed by atoms with van der Waals surface area (Å²) in [5.41, 5.74) is 0.105. The van der Waals surface area contributed by atoms with Crippen LogP contribution in [0.2, 0.25) is 5.02 Å². The van der Waals surface area contributed by atoms with E-state index in [-0.39, 0.29) is 22.3 Å². The van der Waals surface area contributed by atoms with Crippen molar-refractivity contribution in [2.45, 2.75) is 58.4 Å². The molecule has 2 heterocycles. The Hall–Kier alpha value is -4.62. The third-order valence-electron chi connectivity index (χ3n) is 6.19. The van der Waals surface area contributed by atoms with E-state index in [0.29, 0.717) is 10.6 Å². The summed E-state index contributed by atoms with van der Waals surface area (Å²) in [6.45, 7) is 3.96. The van der Waals surface area contributed by atoms with E-state index in [2.05, 4.69) is 0 Å². The van der Waals surface area contributed by atoms with Crippen molar-refractivity contribution in [1.29, 1.82) is 0 Å². The number of esters is 4. The number of ether oxygens (including phenoxy) is 6. The van der Waals surface area contributed by atoms with Crippen LogP contribution in [0.4, 0.5) is 0 Å². The van der Waals surface area contributed by atoms with Crippen LogP contribution < -0.4 is 10.2 Å². The number of hydrogen-bond acceptors (Lipinski definition) is 13. The van der Waals surface area contributed by atoms with Gasteiger partial charge in [-0.2, -0.15) is 0 Å². The molecule has 13 nitrogen and oxygen atoms in total. The zero-order valence-electron chi connectivity index (χ0n) is 23.4. The summed E-state index contributed by atoms with van der Waals surface area (Å²) >= 11 is 5.94. The van der Waals surface area contributed by atoms with Gasteiger partial charge in [0.2, 0.25) is 17.8 Å². The van der Waals surface area contributed by atoms with Gasteiger partial charge in [-0.25, -0.2) is 0 Å². The lowest BCUT2D eigenvalue weighted by molar-refractivity contribution is -0.288. The Morgan fingerprint density at radius 1 is 0.860 bits per heavy atom. The molecular weight excluding hydrogens is 592 g/mol. The lowest BCUT2D eigenvalue weighted by Crippen LogP contribution is -2.63. The molecule has 0 spiro atoms. The second-order valence-corrected chi connectivity index (χ2v) is 9.92. The average Bonchev–Trinajstić information content (AvgIpc) is 2.91. The molecular formula is C29H27ClO13. The van der Waals surface area contributed by atoms with E-state index in [1.165, 1.54) is 12.3 Å². The van der Waals surface area contributed by atoms with Gasteiger partial charge < -0.3 is 37.9 Å². The van der Waals surface area contributed by atoms with Gasteiger partial charge in [-0.1, -0.05) is 23.7 Å². The van der Waals surface area contributed by atoms with Crippen LogP contribution in [0.1, 0.15) is 27.7 Å². The molecule has 1 aromatic heterocycles. The zero-order valence-corrected chi connectivity index (χ0v) is 24.1. The molecule has 3 aromatic rings. The fourth-order valence-electron chi connectivity index (χ4n) is 4.52. The standard InChI is InChI=1S/C29H27ClO13/c1-13(31)37-12-23-26(39-14(2)32)27(40-15(3)33)28(41-16(4)34)29(43-23)42-19-9-21(35)24-22(10-19)38-11-20(25(24)36)17-5-7-18(30)8-6-17/h5-11,23,26-29,35H,12H2,1-4H3/t23-,26+,27-,28-,29+/m0/s1. The molecule has 0 amide bonds. The van der Waals surface area contributed by atoms with Crippen molar-refractivity contribution in [3.63, 3.8) is 0 Å². The Bertz CT molecular complexity index is 1600. The third kappa shape index (κ3) is 7.43. The molecule has 5 atom stereocenters. The number of hydrogen-bond donors (Lipinski definition) is 1. The molecule has 1 N–H and O–H groups in total. The Morgan fingerprint density at radius 3 is 2.07 bits per heavy atom. The molecule has 228 valence electrons. The second-order valence-electron chi connectivity index (χ2n) is 9.49. The van der Waals surface area contributed by atoms with Crippen LogP contribution in [0.15, 0.2) is 51.9 Å². The molecule has 0 aliphatic carbocycles. The summed E-state index contributed by atoms with van der Waals surface area (Å²) in [7, 11) is 0. The molecule has 1 aliphatic heterocycles. The highest BCUT2D eigenvalue weighted by molar-refractivity contribution is 6.30. The van der Waals surface area contributed by atoms with Gasteiger partial charge in [-0.05, 0) is 17.7 Å². The molecule has 2 aromatic carbocycles. The first-order chi connectivity index (χ1) is 20.3. The minimum Gasteiger partial charge on any atom is -0.507 e. The summed E-state index contributed by atoms with van der Waals surface area (Å²) in [5, 5.41) is 11.2. The van der Waals surface area contributed by atoms with Gasteiger partial charge >= 0.3 is 23.9 Å². The molecule has 0 saturated carbocycles. The zero-order chi connectivity index (χ0) is 31.4. The molecule has 0 unspecified atom stereocenters. The van der Waals surface area contributed by atoms with Crippen LogP contribution in [-0.4, -0.2) is 66.3 Å². The van der Waals surface area contributed by atoms with Crippen LogP contribution >= 0.6 is 11.6 Å². The quantitative estimate of drug-likeness (QED) is 0.288. The molecule has 1 saturated heterocycles. The fourth-order valence-corrected chi connectivity index (χ4v) is 4.65. The predicted octanol–water partition coefficient (Wildman–Crippen LogP) is 3.28. The van der Waals surface area contributed by atoms with E-state index in [1.807, 2.05) is 0 Å². The number of phenols is 1. The Balaban J connectivity index is 1.74. The molecule has 43 heavy (non-hydrogen) atoms. The number of aromatic hydroxyl groups is 1. The van der Waals surface area contributed by atoms with Crippen molar-refractivity contribution in [3.8, 4) is 22.6 Å². The minimum atomic E-state index is -1.56. The first kappa shape index (κ1) is 31.3. The summed E-state index contributed by atoms with van der Waals surface area (Å²) in [6.07, 6.45) is -5.93. The number of fused-ring (bicyclic) bond motifs is 1. The smallest absolute Gasteiger partial charge is 0.303 e. The maximum absolute atomic E-state index is 13.2. The minimum absolute atomic E-state index is 0.0525. The van der Waals surface area contributed by atoms with E-state index in [0.717, 1.165) is 33.8 Å². The maximum Gasteiger partial charge on any atom is 0.303 e. The second kappa shape index (κ2) is 13.1. The lowest BCUT2D eigenvalue weighted by Gasteiger charge is -2.43. The molecule has 4 rings (SSSR count). The number of carbonyl (C=O) groups is 4. The first-order valence-corrected chi connectivity index (χ1v) is 13.2. The Morgan fingerprint density at radius 2 is 1.47 bits per heavy atom. The number of halogens is 1. The Kier molecular flexibility index (Phi) is 9.56. The van der Waals surface area contributed by atoms with Crippen molar-refractivity contribution < 1.29 is 57.1 Å². The first-order valence-electron chi connectivity index (χ1n) is 12.9. The summed E-state index contributed by atoms with van der Waals surface area (Å²) in [6, 6.07) is 8.85. The van der Waals surface area contributed by atoms with Crippen LogP contribution in [-0.2, 0) is 42.9 Å². The summed E-state index contributed by atoms with van der Waals surface area (Å²) < 4.78 is 38.6. The number of benzene rings is 2. The van der Waals surface area contributed by atoms with Gasteiger partial charge in [-0.15, -0.1) is 0 Å². The van der Waals surface area contributed by atoms with E-state index in [4.69, 9.17) is 44.4 Å². The van der Waals surface area contributed by atoms with Gasteiger partial charge in [-0.3, -0.25) is 24.0 Å². The number of carbonyl (C=O) groups excluding carboxylic acids is 4. The third-order valence-corrected chi connectivity index (χ3v) is 6.44. The highest BCUT2D eigenvalue weighted by Crippen LogP contribution is 2.35. The molecule has 14 heteroatoms. The van der Waals surface area contributed by atoms with Crippen LogP contribution in [0.25, 0.3) is 22.1 Å². The van der Waals surface area contributed by atoms with Crippen LogP contribution in [0.5, 0.6) is 11.5 Å². The number of phenolic OH excluding ortho intramolecular Hbond substituents is 1. The maximum atomic E-state index is 13.2. The van der Waals surface area contributed by atoms with Gasteiger partial charge in [0.25, 0.3) is 0 Å². The fraction of sp³-hybridized carbons (Fsp3) is 0.345. The summed E-state index contributed by atoms with van der Waals surface area (Å²) in [4.78, 5) is 60.8. The van der Waals surface area contributed by atoms with Gasteiger partial charge in [0, 0.05) is 44.9 Å². The SMILES string of the molecule is CC(=O)OC[C@@H]1O[C@@H](Oc2cc(O)c3c(=O)c(-c4ccc(Cl)cc4)coc3c2)[C@@H](OC(C)=O)[C@@H](OC(C)=O)[C@@H]1OC(C)=O. The van der Waals surface area contributed by atoms with Gasteiger partial charge in [0.05, 0.1) is 5.56 Å². The highest BCUT2D eigenvalue weighted by Gasteiger charge is 2.53.